The average molecular weight is 413 g/mol. The number of aryl methyl sites for hydroxylation is 1. The summed E-state index contributed by atoms with van der Waals surface area (Å²) < 4.78 is 5.65. The zero-order valence-electron chi connectivity index (χ0n) is 19.1. The van der Waals surface area contributed by atoms with Gasteiger partial charge in [-0.3, -0.25) is 0 Å². The lowest BCUT2D eigenvalue weighted by Gasteiger charge is -2.52. The third-order valence-electron chi connectivity index (χ3n) is 7.11. The number of likely N-dealkylation sites (N-methyl/N-ethyl adjacent to an activating group) is 2. The maximum absolute atomic E-state index is 12.4. The quantitative estimate of drug-likeness (QED) is 0.747. The first-order valence-electron chi connectivity index (χ1n) is 11.1. The number of amides is 1. The maximum atomic E-state index is 12.4. The molecule has 1 saturated carbocycles. The second kappa shape index (κ2) is 8.99. The number of fused-ring (bicyclic) bond motifs is 3. The van der Waals surface area contributed by atoms with E-state index in [2.05, 4.69) is 24.8 Å². The summed E-state index contributed by atoms with van der Waals surface area (Å²) in [7, 11) is 5.74. The third-order valence-corrected chi connectivity index (χ3v) is 7.11. The second-order valence-electron chi connectivity index (χ2n) is 9.27. The summed E-state index contributed by atoms with van der Waals surface area (Å²) in [5.41, 5.74) is 1.89. The highest BCUT2D eigenvalue weighted by Crippen LogP contribution is 2.54. The molecule has 3 atom stereocenters. The molecule has 0 spiro atoms. The van der Waals surface area contributed by atoms with Gasteiger partial charge in [-0.05, 0) is 94.1 Å². The molecule has 5 nitrogen and oxygen atoms in total. The standard InChI is InChI=1S/C25H36N2O3/c1-6-12-24(29)13-14-25(7-2)20(18-24)9-8-19-17-21(10-11-22(19)25)30-23(28)27(5)16-15-26(3)4/h10-11,17,20,29H,7-9,13-16,18H2,1-5H3. The van der Waals surface area contributed by atoms with Crippen molar-refractivity contribution in [1.29, 1.82) is 0 Å². The summed E-state index contributed by atoms with van der Waals surface area (Å²) in [4.78, 5) is 16.1. The summed E-state index contributed by atoms with van der Waals surface area (Å²) in [5, 5.41) is 10.9. The van der Waals surface area contributed by atoms with Gasteiger partial charge in [0.1, 0.15) is 11.4 Å². The highest BCUT2D eigenvalue weighted by Gasteiger charge is 2.50. The van der Waals surface area contributed by atoms with Gasteiger partial charge in [0.25, 0.3) is 0 Å². The predicted octanol–water partition coefficient (Wildman–Crippen LogP) is 3.83. The highest BCUT2D eigenvalue weighted by molar-refractivity contribution is 5.70. The van der Waals surface area contributed by atoms with E-state index in [9.17, 15) is 9.90 Å². The van der Waals surface area contributed by atoms with Gasteiger partial charge in [-0.15, -0.1) is 5.92 Å². The molecular weight excluding hydrogens is 376 g/mol. The van der Waals surface area contributed by atoms with E-state index >= 15 is 0 Å². The molecule has 0 bridgehead atoms. The first kappa shape index (κ1) is 22.7. The number of rotatable bonds is 5. The van der Waals surface area contributed by atoms with Gasteiger partial charge < -0.3 is 19.6 Å². The van der Waals surface area contributed by atoms with Crippen LogP contribution >= 0.6 is 0 Å². The van der Waals surface area contributed by atoms with Gasteiger partial charge in [0.2, 0.25) is 0 Å². The van der Waals surface area contributed by atoms with Gasteiger partial charge in [0.15, 0.2) is 0 Å². The van der Waals surface area contributed by atoms with E-state index in [1.165, 1.54) is 11.1 Å². The van der Waals surface area contributed by atoms with Crippen molar-refractivity contribution in [2.45, 2.75) is 63.4 Å². The molecule has 1 aromatic carbocycles. The van der Waals surface area contributed by atoms with E-state index in [-0.39, 0.29) is 11.5 Å². The minimum Gasteiger partial charge on any atom is -0.410 e. The molecule has 0 aromatic heterocycles. The molecule has 3 rings (SSSR count). The van der Waals surface area contributed by atoms with Crippen LogP contribution in [-0.2, 0) is 11.8 Å². The monoisotopic (exact) mass is 412 g/mol. The molecule has 2 aliphatic carbocycles. The minimum absolute atomic E-state index is 0.0836. The Hall–Kier alpha value is -2.03. The Bertz CT molecular complexity index is 841. The molecule has 5 heteroatoms. The lowest BCUT2D eigenvalue weighted by atomic mass is 9.53. The van der Waals surface area contributed by atoms with E-state index in [4.69, 9.17) is 4.74 Å². The van der Waals surface area contributed by atoms with Crippen LogP contribution in [0.25, 0.3) is 0 Å². The molecule has 0 heterocycles. The van der Waals surface area contributed by atoms with Gasteiger partial charge in [-0.2, -0.15) is 0 Å². The van der Waals surface area contributed by atoms with Crippen molar-refractivity contribution in [3.63, 3.8) is 0 Å². The Morgan fingerprint density at radius 3 is 2.70 bits per heavy atom. The summed E-state index contributed by atoms with van der Waals surface area (Å²) in [6, 6.07) is 6.14. The van der Waals surface area contributed by atoms with E-state index in [0.717, 1.165) is 38.6 Å². The molecule has 1 aromatic rings. The average Bonchev–Trinajstić information content (AvgIpc) is 2.71. The molecular formula is C25H36N2O3. The van der Waals surface area contributed by atoms with Crippen LogP contribution in [0.4, 0.5) is 4.79 Å². The fraction of sp³-hybridized carbons (Fsp3) is 0.640. The van der Waals surface area contributed by atoms with E-state index in [0.29, 0.717) is 24.6 Å². The van der Waals surface area contributed by atoms with Gasteiger partial charge >= 0.3 is 6.09 Å². The number of carbonyl (C=O) groups excluding carboxylic acids is 1. The van der Waals surface area contributed by atoms with Crippen LogP contribution in [0.15, 0.2) is 18.2 Å². The van der Waals surface area contributed by atoms with Crippen molar-refractivity contribution in [2.75, 3.05) is 34.2 Å². The molecule has 0 aliphatic heterocycles. The number of nitrogens with zero attached hydrogens (tertiary/aromatic N) is 2. The number of hydrogen-bond acceptors (Lipinski definition) is 4. The fourth-order valence-corrected chi connectivity index (χ4v) is 5.35. The highest BCUT2D eigenvalue weighted by atomic mass is 16.6. The Morgan fingerprint density at radius 2 is 2.03 bits per heavy atom. The number of benzene rings is 1. The van der Waals surface area contributed by atoms with Crippen molar-refractivity contribution in [1.82, 2.24) is 9.80 Å². The van der Waals surface area contributed by atoms with Crippen molar-refractivity contribution in [3.8, 4) is 17.6 Å². The number of aliphatic hydroxyl groups is 1. The van der Waals surface area contributed by atoms with Crippen LogP contribution < -0.4 is 4.74 Å². The molecule has 0 saturated heterocycles. The zero-order chi connectivity index (χ0) is 21.9. The van der Waals surface area contributed by atoms with Crippen molar-refractivity contribution >= 4 is 6.09 Å². The molecule has 1 fully saturated rings. The van der Waals surface area contributed by atoms with Crippen molar-refractivity contribution in [2.24, 2.45) is 5.92 Å². The maximum Gasteiger partial charge on any atom is 0.415 e. The summed E-state index contributed by atoms with van der Waals surface area (Å²) in [6.07, 6.45) is 5.11. The lowest BCUT2D eigenvalue weighted by molar-refractivity contribution is -0.00925. The summed E-state index contributed by atoms with van der Waals surface area (Å²) >= 11 is 0. The normalized spacial score (nSPS) is 27.5. The topological polar surface area (TPSA) is 53.0 Å². The van der Waals surface area contributed by atoms with Crippen LogP contribution in [-0.4, -0.2) is 60.8 Å². The second-order valence-corrected chi connectivity index (χ2v) is 9.27. The SMILES string of the molecule is CC#CC1(O)CCC2(CC)c3ccc(OC(=O)N(C)CCN(C)C)cc3CCC2C1. The first-order valence-corrected chi connectivity index (χ1v) is 11.1. The number of hydrogen-bond donors (Lipinski definition) is 1. The minimum atomic E-state index is -0.845. The van der Waals surface area contributed by atoms with Crippen molar-refractivity contribution in [3.05, 3.63) is 29.3 Å². The third kappa shape index (κ3) is 4.50. The van der Waals surface area contributed by atoms with E-state index < -0.39 is 5.60 Å². The van der Waals surface area contributed by atoms with Gasteiger partial charge in [0, 0.05) is 20.1 Å². The van der Waals surface area contributed by atoms with Crippen LogP contribution in [0, 0.1) is 17.8 Å². The Morgan fingerprint density at radius 1 is 1.27 bits per heavy atom. The molecule has 3 unspecified atom stereocenters. The van der Waals surface area contributed by atoms with Gasteiger partial charge in [0.05, 0.1) is 0 Å². The molecule has 2 aliphatic rings. The van der Waals surface area contributed by atoms with Gasteiger partial charge in [-0.25, -0.2) is 4.79 Å². The number of ether oxygens (including phenoxy) is 1. The van der Waals surface area contributed by atoms with Crippen molar-refractivity contribution < 1.29 is 14.6 Å². The molecule has 164 valence electrons. The van der Waals surface area contributed by atoms with Crippen LogP contribution in [0.5, 0.6) is 5.75 Å². The van der Waals surface area contributed by atoms with Crippen LogP contribution in [0.2, 0.25) is 0 Å². The van der Waals surface area contributed by atoms with Crippen LogP contribution in [0.1, 0.15) is 57.1 Å². The predicted molar refractivity (Wildman–Crippen MR) is 120 cm³/mol. The van der Waals surface area contributed by atoms with Crippen LogP contribution in [0.3, 0.4) is 0 Å². The lowest BCUT2D eigenvalue weighted by Crippen LogP contribution is -2.49. The first-order chi connectivity index (χ1) is 14.2. The Balaban J connectivity index is 1.78. The summed E-state index contributed by atoms with van der Waals surface area (Å²) in [6.45, 7) is 5.48. The smallest absolute Gasteiger partial charge is 0.410 e. The zero-order valence-corrected chi connectivity index (χ0v) is 19.1. The molecule has 30 heavy (non-hydrogen) atoms. The van der Waals surface area contributed by atoms with E-state index in [1.807, 2.05) is 31.1 Å². The summed E-state index contributed by atoms with van der Waals surface area (Å²) in [5.74, 6) is 7.02. The molecule has 1 N–H and O–H groups in total. The molecule has 1 amide bonds. The Kier molecular flexibility index (Phi) is 6.79. The Labute approximate surface area is 181 Å². The fourth-order valence-electron chi connectivity index (χ4n) is 5.35. The number of carbonyl (C=O) groups is 1. The van der Waals surface area contributed by atoms with Gasteiger partial charge in [-0.1, -0.05) is 18.9 Å². The largest absolute Gasteiger partial charge is 0.415 e. The molecule has 0 radical (unpaired) electrons. The van der Waals surface area contributed by atoms with E-state index in [1.54, 1.807) is 18.9 Å².